The summed E-state index contributed by atoms with van der Waals surface area (Å²) >= 11 is 11.2. The molecule has 0 aliphatic carbocycles. The summed E-state index contributed by atoms with van der Waals surface area (Å²) < 4.78 is 13.9. The Hall–Kier alpha value is -2.95. The quantitative estimate of drug-likeness (QED) is 0.0790. The summed E-state index contributed by atoms with van der Waals surface area (Å²) in [7, 11) is 4.12. The summed E-state index contributed by atoms with van der Waals surface area (Å²) in [5.74, 6) is 4.47. The number of ether oxygens (including phenoxy) is 3. The van der Waals surface area contributed by atoms with Crippen molar-refractivity contribution in [2.45, 2.75) is 154 Å². The molecule has 3 aliphatic heterocycles. The second kappa shape index (κ2) is 43.6. The number of thiol groups is 1. The van der Waals surface area contributed by atoms with E-state index in [0.717, 1.165) is 54.3 Å². The van der Waals surface area contributed by atoms with E-state index in [9.17, 15) is 28.8 Å². The third-order valence-corrected chi connectivity index (χ3v) is 14.5. The number of carbonyl (C=O) groups is 6. The zero-order valence-corrected chi connectivity index (χ0v) is 45.6. The summed E-state index contributed by atoms with van der Waals surface area (Å²) in [4.78, 5) is 115. The largest absolute Gasteiger partial charge is 0.469 e. The molecule has 0 saturated carbocycles. The molecule has 2 unspecified atom stereocenters. The second-order valence-electron chi connectivity index (χ2n) is 16.3. The van der Waals surface area contributed by atoms with Gasteiger partial charge >= 0.3 is 36.4 Å². The van der Waals surface area contributed by atoms with Crippen molar-refractivity contribution >= 4 is 113 Å². The lowest BCUT2D eigenvalue weighted by atomic mass is 9.91. The lowest BCUT2D eigenvalue weighted by Crippen LogP contribution is -2.38. The van der Waals surface area contributed by atoms with Crippen molar-refractivity contribution in [3.8, 4) is 0 Å². The van der Waals surface area contributed by atoms with Gasteiger partial charge in [0.2, 0.25) is 0 Å². The molecule has 0 N–H and O–H groups in total. The molecule has 0 amide bonds. The van der Waals surface area contributed by atoms with Gasteiger partial charge in [0.15, 0.2) is 0 Å². The van der Waals surface area contributed by atoms with Crippen LogP contribution in [0.4, 0.5) is 0 Å². The summed E-state index contributed by atoms with van der Waals surface area (Å²) in [6.45, 7) is 26.7. The molecule has 3 aliphatic rings. The molecule has 0 aromatic rings. The highest BCUT2D eigenvalue weighted by Crippen LogP contribution is 2.38. The van der Waals surface area contributed by atoms with Gasteiger partial charge in [0.1, 0.15) is 23.3 Å². The fraction of sp³-hybridized carbons (Fsp3) is 0.756. The van der Waals surface area contributed by atoms with Crippen LogP contribution in [0.15, 0.2) is 11.6 Å². The van der Waals surface area contributed by atoms with E-state index < -0.39 is 11.9 Å². The van der Waals surface area contributed by atoms with Crippen LogP contribution in [0.1, 0.15) is 135 Å². The van der Waals surface area contributed by atoms with Crippen LogP contribution in [0, 0.1) is 11.8 Å². The number of methoxy groups -OCH3 is 3. The standard InChI is InChI=1S/C9H14O3S.C9H18O2S.C8H14OS.C7H12OS.C6H10O2.C3H8S.3CO2/c1-9(2)4-7(10)6(5-13-9)8(11)12-3;1-5-6-12-9(2,3)7-8(10)11-4;1-6-7(9)4-5-10-8(6,2)3;1-7(2)5-6(8)3-4-9-7;1-5(2)4-6(7)8-3;1-2-3-4;3*2-1-3/h6H,4-5H2,1-3H3;5-7H2,1-4H3;6H,4-5H2,1-3H3;3-5H2,1-2H3;4H,1-3H3;4H,2-3H2,1H3;;;. The minimum atomic E-state index is -0.539. The number of hydrogen-bond acceptors (Lipinski definition) is 20. The molecule has 20 heteroatoms. The van der Waals surface area contributed by atoms with Crippen molar-refractivity contribution in [3.05, 3.63) is 11.6 Å². The van der Waals surface area contributed by atoms with E-state index >= 15 is 0 Å². The predicted octanol–water partition coefficient (Wildman–Crippen LogP) is 8.40. The minimum Gasteiger partial charge on any atom is -0.469 e. The normalized spacial score (nSPS) is 17.9. The third kappa shape index (κ3) is 48.8. The molecule has 15 nitrogen and oxygen atoms in total. The van der Waals surface area contributed by atoms with Crippen molar-refractivity contribution in [2.75, 3.05) is 50.1 Å². The van der Waals surface area contributed by atoms with Crippen molar-refractivity contribution < 1.29 is 71.7 Å². The SMILES string of the molecule is CC1(C)CC(=O)CCS1.CC1C(=O)CCSC1(C)C.CCCS.CCCSC(C)(C)CC(=O)OC.COC(=O)C1CSC(C)(C)CC1=O.COC(=O)C=C(C)C.O=C=O.O=C=O.O=C=O. The average molecular weight is 1020 g/mol. The van der Waals surface area contributed by atoms with Crippen molar-refractivity contribution in [1.82, 2.24) is 0 Å². The molecule has 0 bridgehead atoms. The van der Waals surface area contributed by atoms with Crippen LogP contribution in [-0.2, 0) is 71.7 Å². The molecule has 3 saturated heterocycles. The van der Waals surface area contributed by atoms with Gasteiger partial charge in [-0.3, -0.25) is 24.0 Å². The van der Waals surface area contributed by atoms with Crippen LogP contribution in [0.25, 0.3) is 0 Å². The smallest absolute Gasteiger partial charge is 0.373 e. The molecular formula is C45H76O15S5. The van der Waals surface area contributed by atoms with Gasteiger partial charge in [-0.05, 0) is 38.2 Å². The fourth-order valence-electron chi connectivity index (χ4n) is 4.68. The molecule has 2 atom stereocenters. The summed E-state index contributed by atoms with van der Waals surface area (Å²) in [5.41, 5.74) is 0.955. The number of ketones is 3. The fourth-order valence-corrected chi connectivity index (χ4v) is 9.20. The van der Waals surface area contributed by atoms with E-state index in [1.807, 2.05) is 69.9 Å². The Morgan fingerprint density at radius 3 is 1.51 bits per heavy atom. The van der Waals surface area contributed by atoms with Gasteiger partial charge in [-0.2, -0.15) is 88.4 Å². The maximum atomic E-state index is 11.5. The monoisotopic (exact) mass is 1020 g/mol. The lowest BCUT2D eigenvalue weighted by Gasteiger charge is -2.34. The van der Waals surface area contributed by atoms with Crippen molar-refractivity contribution in [1.29, 1.82) is 0 Å². The van der Waals surface area contributed by atoms with Gasteiger partial charge in [-0.25, -0.2) is 4.79 Å². The number of esters is 3. The number of allylic oxidation sites excluding steroid dienone is 1. The van der Waals surface area contributed by atoms with E-state index in [-0.39, 0.29) is 61.1 Å². The molecular weight excluding hydrogens is 941 g/mol. The van der Waals surface area contributed by atoms with E-state index in [0.29, 0.717) is 30.2 Å². The number of Topliss-reactive ketones (excluding diaryl/α,β-unsaturated/α-hetero) is 3. The molecule has 3 fully saturated rings. The molecule has 65 heavy (non-hydrogen) atoms. The minimum absolute atomic E-state index is 0.00981. The van der Waals surface area contributed by atoms with Crippen molar-refractivity contribution in [3.63, 3.8) is 0 Å². The number of hydrogen-bond donors (Lipinski definition) is 1. The van der Waals surface area contributed by atoms with Gasteiger partial charge < -0.3 is 14.2 Å². The van der Waals surface area contributed by atoms with Crippen LogP contribution in [0.2, 0.25) is 0 Å². The van der Waals surface area contributed by atoms with Crippen LogP contribution in [0.5, 0.6) is 0 Å². The summed E-state index contributed by atoms with van der Waals surface area (Å²) in [6.07, 6.45) is 7.80. The number of carbonyl (C=O) groups excluding carboxylic acids is 12. The zero-order chi connectivity index (χ0) is 52.5. The van der Waals surface area contributed by atoms with Crippen LogP contribution < -0.4 is 0 Å². The Labute approximate surface area is 410 Å². The topological polar surface area (TPSA) is 233 Å². The Kier molecular flexibility index (Phi) is 49.4. The Balaban J connectivity index is -0.000000158. The molecule has 0 aromatic heterocycles. The highest BCUT2D eigenvalue weighted by molar-refractivity contribution is 8.01. The third-order valence-electron chi connectivity index (χ3n) is 8.29. The molecule has 376 valence electrons. The highest BCUT2D eigenvalue weighted by atomic mass is 32.2. The van der Waals surface area contributed by atoms with Gasteiger partial charge in [-0.15, -0.1) is 0 Å². The lowest BCUT2D eigenvalue weighted by molar-refractivity contribution is -0.193. The molecule has 3 rings (SSSR count). The number of rotatable bonds is 8. The maximum absolute atomic E-state index is 11.5. The van der Waals surface area contributed by atoms with Gasteiger partial charge in [0.25, 0.3) is 0 Å². The Bertz CT molecular complexity index is 1470. The second-order valence-corrected chi connectivity index (χ2v) is 23.9. The number of thioether (sulfide) groups is 4. The van der Waals surface area contributed by atoms with Crippen LogP contribution in [-0.4, -0.2) is 123 Å². The average Bonchev–Trinajstić information content (AvgIpc) is 3.19. The van der Waals surface area contributed by atoms with Gasteiger partial charge in [-0.1, -0.05) is 81.7 Å². The Morgan fingerprint density at radius 2 is 1.22 bits per heavy atom. The molecule has 3 heterocycles. The first-order valence-corrected chi connectivity index (χ1v) is 25.1. The first kappa shape index (κ1) is 73.6. The van der Waals surface area contributed by atoms with E-state index in [2.05, 4.69) is 82.2 Å². The van der Waals surface area contributed by atoms with E-state index in [1.165, 1.54) is 33.8 Å². The predicted molar refractivity (Wildman–Crippen MR) is 262 cm³/mol. The maximum Gasteiger partial charge on any atom is 0.373 e. The molecule has 0 aromatic carbocycles. The highest BCUT2D eigenvalue weighted by Gasteiger charge is 2.38. The van der Waals surface area contributed by atoms with Crippen molar-refractivity contribution in [2.24, 2.45) is 11.8 Å². The van der Waals surface area contributed by atoms with E-state index in [1.54, 1.807) is 11.8 Å². The molecule has 0 spiro atoms. The first-order chi connectivity index (χ1) is 29.9. The first-order valence-electron chi connectivity index (χ1n) is 20.5. The summed E-state index contributed by atoms with van der Waals surface area (Å²) in [5, 5.41) is 0. The van der Waals surface area contributed by atoms with Crippen LogP contribution in [0.3, 0.4) is 0 Å². The van der Waals surface area contributed by atoms with Gasteiger partial charge in [0, 0.05) is 73.9 Å². The summed E-state index contributed by atoms with van der Waals surface area (Å²) in [6, 6.07) is 0. The Morgan fingerprint density at radius 1 is 0.754 bits per heavy atom. The van der Waals surface area contributed by atoms with Crippen LogP contribution >= 0.6 is 59.7 Å². The van der Waals surface area contributed by atoms with Gasteiger partial charge in [0.05, 0.1) is 27.8 Å². The zero-order valence-electron chi connectivity index (χ0n) is 41.4. The molecule has 0 radical (unpaired) electrons. The van der Waals surface area contributed by atoms with E-state index in [4.69, 9.17) is 28.8 Å².